The van der Waals surface area contributed by atoms with Crippen LogP contribution >= 0.6 is 0 Å². The van der Waals surface area contributed by atoms with Gasteiger partial charge < -0.3 is 14.0 Å². The molecular formula is C21H20FN3O5. The molecule has 0 bridgehead atoms. The van der Waals surface area contributed by atoms with Crippen molar-refractivity contribution in [3.63, 3.8) is 0 Å². The number of carbonyl (C=O) groups is 2. The van der Waals surface area contributed by atoms with Crippen molar-refractivity contribution in [1.82, 2.24) is 16.0 Å². The van der Waals surface area contributed by atoms with E-state index in [1.165, 1.54) is 18.2 Å². The molecule has 9 heteroatoms. The van der Waals surface area contributed by atoms with E-state index in [1.807, 2.05) is 0 Å². The van der Waals surface area contributed by atoms with E-state index >= 15 is 0 Å². The van der Waals surface area contributed by atoms with Gasteiger partial charge in [0, 0.05) is 0 Å². The number of halogens is 1. The third-order valence-corrected chi connectivity index (χ3v) is 4.20. The maximum absolute atomic E-state index is 13.5. The van der Waals surface area contributed by atoms with Crippen LogP contribution in [0, 0.1) is 19.7 Å². The molecule has 2 aromatic carbocycles. The number of hydrazine groups is 1. The molecule has 156 valence electrons. The van der Waals surface area contributed by atoms with Crippen molar-refractivity contribution in [3.05, 3.63) is 76.9 Å². The van der Waals surface area contributed by atoms with Crippen LogP contribution in [0.1, 0.15) is 27.4 Å². The van der Waals surface area contributed by atoms with Crippen LogP contribution in [0.2, 0.25) is 0 Å². The molecule has 3 rings (SSSR count). The third-order valence-electron chi connectivity index (χ3n) is 4.20. The van der Waals surface area contributed by atoms with Gasteiger partial charge in [0.1, 0.15) is 18.1 Å². The predicted octanol–water partition coefficient (Wildman–Crippen LogP) is 2.85. The van der Waals surface area contributed by atoms with E-state index in [-0.39, 0.29) is 17.9 Å². The summed E-state index contributed by atoms with van der Waals surface area (Å²) in [6.45, 7) is 3.28. The topological polar surface area (TPSA) is 103 Å². The number of ether oxygens (including phenoxy) is 2. The van der Waals surface area contributed by atoms with Gasteiger partial charge in [-0.05, 0) is 38.1 Å². The summed E-state index contributed by atoms with van der Waals surface area (Å²) in [4.78, 5) is 24.3. The molecule has 0 atom stereocenters. The summed E-state index contributed by atoms with van der Waals surface area (Å²) in [6, 6.07) is 12.3. The Bertz CT molecular complexity index is 1030. The molecule has 0 saturated heterocycles. The van der Waals surface area contributed by atoms with Gasteiger partial charge in [0.25, 0.3) is 11.8 Å². The summed E-state index contributed by atoms with van der Waals surface area (Å²) in [5.74, 6) is -0.913. The van der Waals surface area contributed by atoms with Crippen molar-refractivity contribution in [2.75, 3.05) is 6.61 Å². The standard InChI is InChI=1S/C21H20FN3O5/c1-13-16(14(2)30-25-13)11-28-18-9-5-3-7-15(18)21(27)24-23-20(26)12-29-19-10-6-4-8-17(19)22/h3-10H,11-12H2,1-2H3,(H,23,26)(H,24,27). The van der Waals surface area contributed by atoms with Crippen LogP contribution in [0.5, 0.6) is 11.5 Å². The fourth-order valence-corrected chi connectivity index (χ4v) is 2.57. The number of para-hydroxylation sites is 2. The summed E-state index contributed by atoms with van der Waals surface area (Å²) >= 11 is 0. The molecule has 1 aromatic heterocycles. The molecule has 3 aromatic rings. The van der Waals surface area contributed by atoms with Gasteiger partial charge in [-0.1, -0.05) is 29.4 Å². The van der Waals surface area contributed by atoms with Gasteiger partial charge in [-0.25, -0.2) is 4.39 Å². The first-order chi connectivity index (χ1) is 14.5. The molecule has 2 N–H and O–H groups in total. The largest absolute Gasteiger partial charge is 0.488 e. The van der Waals surface area contributed by atoms with Crippen LogP contribution in [0.25, 0.3) is 0 Å². The normalized spacial score (nSPS) is 10.4. The lowest BCUT2D eigenvalue weighted by molar-refractivity contribution is -0.123. The Morgan fingerprint density at radius 1 is 1.00 bits per heavy atom. The van der Waals surface area contributed by atoms with Crippen LogP contribution in [-0.4, -0.2) is 23.6 Å². The molecule has 0 unspecified atom stereocenters. The average molecular weight is 413 g/mol. The minimum Gasteiger partial charge on any atom is -0.488 e. The molecule has 0 saturated carbocycles. The molecule has 0 radical (unpaired) electrons. The molecule has 0 aliphatic rings. The number of aromatic nitrogens is 1. The highest BCUT2D eigenvalue weighted by atomic mass is 19.1. The molecule has 1 heterocycles. The molecule has 8 nitrogen and oxygen atoms in total. The third kappa shape index (κ3) is 5.13. The Morgan fingerprint density at radius 3 is 2.40 bits per heavy atom. The van der Waals surface area contributed by atoms with E-state index in [9.17, 15) is 14.0 Å². The van der Waals surface area contributed by atoms with Crippen molar-refractivity contribution in [1.29, 1.82) is 0 Å². The molecule has 2 amide bonds. The van der Waals surface area contributed by atoms with Crippen molar-refractivity contribution in [2.45, 2.75) is 20.5 Å². The van der Waals surface area contributed by atoms with Crippen molar-refractivity contribution >= 4 is 11.8 Å². The Balaban J connectivity index is 1.55. The van der Waals surface area contributed by atoms with Gasteiger partial charge in [0.2, 0.25) is 0 Å². The highest BCUT2D eigenvalue weighted by Gasteiger charge is 2.15. The first kappa shape index (κ1) is 20.8. The van der Waals surface area contributed by atoms with Gasteiger partial charge in [0.15, 0.2) is 18.2 Å². The van der Waals surface area contributed by atoms with E-state index in [4.69, 9.17) is 14.0 Å². The Hall–Kier alpha value is -3.88. The van der Waals surface area contributed by atoms with Gasteiger partial charge in [-0.3, -0.25) is 20.4 Å². The average Bonchev–Trinajstić information content (AvgIpc) is 3.07. The SMILES string of the molecule is Cc1noc(C)c1COc1ccccc1C(=O)NNC(=O)COc1ccccc1F. The van der Waals surface area contributed by atoms with Gasteiger partial charge in [-0.15, -0.1) is 0 Å². The number of aryl methyl sites for hydroxylation is 2. The zero-order valence-electron chi connectivity index (χ0n) is 16.4. The lowest BCUT2D eigenvalue weighted by Gasteiger charge is -2.12. The first-order valence-corrected chi connectivity index (χ1v) is 9.05. The molecule has 0 spiro atoms. The number of carbonyl (C=O) groups excluding carboxylic acids is 2. The fraction of sp³-hybridized carbons (Fsp3) is 0.190. The van der Waals surface area contributed by atoms with E-state index in [1.54, 1.807) is 44.2 Å². The second-order valence-corrected chi connectivity index (χ2v) is 6.31. The lowest BCUT2D eigenvalue weighted by Crippen LogP contribution is -2.44. The molecule has 0 aliphatic heterocycles. The smallest absolute Gasteiger partial charge is 0.276 e. The Morgan fingerprint density at radius 2 is 1.70 bits per heavy atom. The zero-order valence-corrected chi connectivity index (χ0v) is 16.4. The highest BCUT2D eigenvalue weighted by molar-refractivity contribution is 5.97. The van der Waals surface area contributed by atoms with Crippen LogP contribution in [0.3, 0.4) is 0 Å². The van der Waals surface area contributed by atoms with Crippen LogP contribution in [-0.2, 0) is 11.4 Å². The monoisotopic (exact) mass is 413 g/mol. The highest BCUT2D eigenvalue weighted by Crippen LogP contribution is 2.21. The van der Waals surface area contributed by atoms with Crippen molar-refractivity contribution in [3.8, 4) is 11.5 Å². The van der Waals surface area contributed by atoms with Crippen LogP contribution in [0.15, 0.2) is 53.1 Å². The minimum atomic E-state index is -0.652. The number of hydrogen-bond acceptors (Lipinski definition) is 6. The lowest BCUT2D eigenvalue weighted by atomic mass is 10.2. The van der Waals surface area contributed by atoms with E-state index in [2.05, 4.69) is 16.0 Å². The predicted molar refractivity (Wildman–Crippen MR) is 104 cm³/mol. The summed E-state index contributed by atoms with van der Waals surface area (Å²) < 4.78 is 29.4. The molecule has 30 heavy (non-hydrogen) atoms. The molecule has 0 aliphatic carbocycles. The van der Waals surface area contributed by atoms with Crippen molar-refractivity contribution in [2.24, 2.45) is 0 Å². The number of nitrogens with one attached hydrogen (secondary N) is 2. The van der Waals surface area contributed by atoms with Crippen molar-refractivity contribution < 1.29 is 28.0 Å². The number of nitrogens with zero attached hydrogens (tertiary/aromatic N) is 1. The van der Waals surface area contributed by atoms with E-state index in [0.29, 0.717) is 17.2 Å². The summed E-state index contributed by atoms with van der Waals surface area (Å²) in [7, 11) is 0. The minimum absolute atomic E-state index is 0.0583. The van der Waals surface area contributed by atoms with Crippen LogP contribution < -0.4 is 20.3 Å². The van der Waals surface area contributed by atoms with Gasteiger partial charge in [-0.2, -0.15) is 0 Å². The molecular weight excluding hydrogens is 393 g/mol. The maximum atomic E-state index is 13.5. The number of amides is 2. The Labute approximate surface area is 171 Å². The quantitative estimate of drug-likeness (QED) is 0.578. The van der Waals surface area contributed by atoms with Gasteiger partial charge >= 0.3 is 0 Å². The second kappa shape index (κ2) is 9.55. The maximum Gasteiger partial charge on any atom is 0.276 e. The number of rotatable bonds is 7. The summed E-state index contributed by atoms with van der Waals surface area (Å²) in [5, 5.41) is 3.86. The summed E-state index contributed by atoms with van der Waals surface area (Å²) in [5.41, 5.74) is 6.22. The zero-order chi connectivity index (χ0) is 21.5. The van der Waals surface area contributed by atoms with Crippen LogP contribution in [0.4, 0.5) is 4.39 Å². The van der Waals surface area contributed by atoms with E-state index < -0.39 is 24.2 Å². The van der Waals surface area contributed by atoms with Gasteiger partial charge in [0.05, 0.1) is 16.8 Å². The number of benzene rings is 2. The first-order valence-electron chi connectivity index (χ1n) is 9.05. The number of hydrogen-bond donors (Lipinski definition) is 2. The van der Waals surface area contributed by atoms with E-state index in [0.717, 1.165) is 5.56 Å². The second-order valence-electron chi connectivity index (χ2n) is 6.31. The fourth-order valence-electron chi connectivity index (χ4n) is 2.57. The Kier molecular flexibility index (Phi) is 6.63. The molecule has 0 fully saturated rings. The summed E-state index contributed by atoms with van der Waals surface area (Å²) in [6.07, 6.45) is 0.